The van der Waals surface area contributed by atoms with Crippen LogP contribution in [0.2, 0.25) is 5.02 Å². The van der Waals surface area contributed by atoms with Gasteiger partial charge in [0.1, 0.15) is 12.4 Å². The van der Waals surface area contributed by atoms with Crippen molar-refractivity contribution in [2.75, 3.05) is 26.2 Å². The summed E-state index contributed by atoms with van der Waals surface area (Å²) in [6, 6.07) is 15.9. The summed E-state index contributed by atoms with van der Waals surface area (Å²) in [6.45, 7) is 5.74. The van der Waals surface area contributed by atoms with Crippen molar-refractivity contribution < 1.29 is 9.53 Å². The minimum absolute atomic E-state index is 0.0893. The molecule has 0 atom stereocenters. The van der Waals surface area contributed by atoms with Crippen molar-refractivity contribution in [1.29, 1.82) is 0 Å². The Bertz CT molecular complexity index is 757. The molecule has 0 radical (unpaired) electrons. The lowest BCUT2D eigenvalue weighted by Gasteiger charge is -2.31. The number of aryl methyl sites for hydroxylation is 1. The van der Waals surface area contributed by atoms with Crippen LogP contribution >= 0.6 is 11.6 Å². The van der Waals surface area contributed by atoms with Gasteiger partial charge in [0, 0.05) is 17.5 Å². The second kappa shape index (κ2) is 9.77. The van der Waals surface area contributed by atoms with Gasteiger partial charge in [0.05, 0.1) is 6.54 Å². The van der Waals surface area contributed by atoms with Crippen LogP contribution in [-0.2, 0) is 11.3 Å². The maximum absolute atomic E-state index is 12.4. The second-order valence-electron chi connectivity index (χ2n) is 7.10. The van der Waals surface area contributed by atoms with Crippen LogP contribution in [-0.4, -0.2) is 37.0 Å². The molecule has 0 aliphatic carbocycles. The van der Waals surface area contributed by atoms with E-state index in [0.29, 0.717) is 13.2 Å². The van der Waals surface area contributed by atoms with E-state index in [4.69, 9.17) is 16.3 Å². The van der Waals surface area contributed by atoms with Crippen molar-refractivity contribution >= 4 is 17.5 Å². The number of rotatable bonds is 7. The molecule has 3 rings (SSSR count). The fourth-order valence-electron chi connectivity index (χ4n) is 3.41. The van der Waals surface area contributed by atoms with Crippen LogP contribution in [0.4, 0.5) is 0 Å². The standard InChI is InChI=1S/C22H27ClN2O2/c1-17-5-4-7-20(15-17)27-14-11-24-22(26)18-9-12-25(13-10-18)16-19-6-2-3-8-21(19)23/h2-8,15,18H,9-14,16H2,1H3,(H,24,26). The van der Waals surface area contributed by atoms with Crippen LogP contribution in [0.3, 0.4) is 0 Å². The van der Waals surface area contributed by atoms with Gasteiger partial charge in [-0.1, -0.05) is 41.9 Å². The summed E-state index contributed by atoms with van der Waals surface area (Å²) in [5.41, 5.74) is 2.32. The number of carbonyl (C=O) groups is 1. The van der Waals surface area contributed by atoms with Crippen molar-refractivity contribution in [3.63, 3.8) is 0 Å². The first-order chi connectivity index (χ1) is 13.1. The molecule has 1 heterocycles. The van der Waals surface area contributed by atoms with E-state index in [2.05, 4.69) is 16.3 Å². The van der Waals surface area contributed by atoms with Gasteiger partial charge in [0.25, 0.3) is 0 Å². The molecule has 27 heavy (non-hydrogen) atoms. The Kier molecular flexibility index (Phi) is 7.13. The highest BCUT2D eigenvalue weighted by atomic mass is 35.5. The quantitative estimate of drug-likeness (QED) is 0.730. The number of likely N-dealkylation sites (tertiary alicyclic amines) is 1. The van der Waals surface area contributed by atoms with Crippen LogP contribution in [0.1, 0.15) is 24.0 Å². The molecule has 1 N–H and O–H groups in total. The van der Waals surface area contributed by atoms with Gasteiger partial charge in [0.15, 0.2) is 0 Å². The fourth-order valence-corrected chi connectivity index (χ4v) is 3.61. The summed E-state index contributed by atoms with van der Waals surface area (Å²) in [7, 11) is 0. The number of piperidine rings is 1. The Morgan fingerprint density at radius 3 is 2.70 bits per heavy atom. The molecule has 2 aromatic carbocycles. The number of carbonyl (C=O) groups excluding carboxylic acids is 1. The summed E-state index contributed by atoms with van der Waals surface area (Å²) >= 11 is 6.24. The second-order valence-corrected chi connectivity index (χ2v) is 7.51. The third kappa shape index (κ3) is 5.98. The first kappa shape index (κ1) is 19.7. The van der Waals surface area contributed by atoms with Gasteiger partial charge in [-0.25, -0.2) is 0 Å². The number of amides is 1. The molecule has 1 amide bonds. The van der Waals surface area contributed by atoms with E-state index in [1.54, 1.807) is 0 Å². The van der Waals surface area contributed by atoms with Gasteiger partial charge in [0.2, 0.25) is 5.91 Å². The lowest BCUT2D eigenvalue weighted by Crippen LogP contribution is -2.41. The van der Waals surface area contributed by atoms with Gasteiger partial charge in [-0.2, -0.15) is 0 Å². The topological polar surface area (TPSA) is 41.6 Å². The largest absolute Gasteiger partial charge is 0.492 e. The van der Waals surface area contributed by atoms with E-state index >= 15 is 0 Å². The van der Waals surface area contributed by atoms with E-state index in [1.165, 1.54) is 5.56 Å². The summed E-state index contributed by atoms with van der Waals surface area (Å²) < 4.78 is 5.68. The highest BCUT2D eigenvalue weighted by molar-refractivity contribution is 6.31. The van der Waals surface area contributed by atoms with E-state index in [0.717, 1.165) is 48.8 Å². The van der Waals surface area contributed by atoms with E-state index in [1.807, 2.05) is 49.4 Å². The Morgan fingerprint density at radius 1 is 1.19 bits per heavy atom. The molecular formula is C22H27ClN2O2. The van der Waals surface area contributed by atoms with Crippen molar-refractivity contribution in [1.82, 2.24) is 10.2 Å². The third-order valence-electron chi connectivity index (χ3n) is 4.97. The molecule has 0 spiro atoms. The Labute approximate surface area is 166 Å². The first-order valence-electron chi connectivity index (χ1n) is 9.55. The predicted octanol–water partition coefficient (Wildman–Crippen LogP) is 4.06. The van der Waals surface area contributed by atoms with Crippen LogP contribution in [0.15, 0.2) is 48.5 Å². The minimum Gasteiger partial charge on any atom is -0.492 e. The van der Waals surface area contributed by atoms with Crippen LogP contribution in [0.5, 0.6) is 5.75 Å². The minimum atomic E-state index is 0.0893. The summed E-state index contributed by atoms with van der Waals surface area (Å²) in [5.74, 6) is 1.07. The Morgan fingerprint density at radius 2 is 1.96 bits per heavy atom. The molecule has 2 aromatic rings. The number of hydrogen-bond acceptors (Lipinski definition) is 3. The van der Waals surface area contributed by atoms with Gasteiger partial charge in [-0.3, -0.25) is 9.69 Å². The number of hydrogen-bond donors (Lipinski definition) is 1. The summed E-state index contributed by atoms with van der Waals surface area (Å²) in [5, 5.41) is 3.82. The Hall–Kier alpha value is -2.04. The van der Waals surface area contributed by atoms with Crippen molar-refractivity contribution in [2.45, 2.75) is 26.3 Å². The third-order valence-corrected chi connectivity index (χ3v) is 5.34. The zero-order chi connectivity index (χ0) is 19.1. The molecule has 0 bridgehead atoms. The van der Waals surface area contributed by atoms with Crippen molar-refractivity contribution in [3.05, 3.63) is 64.7 Å². The molecular weight excluding hydrogens is 360 g/mol. The number of nitrogens with one attached hydrogen (secondary N) is 1. The molecule has 1 aliphatic heterocycles. The SMILES string of the molecule is Cc1cccc(OCCNC(=O)C2CCN(Cc3ccccc3Cl)CC2)c1. The lowest BCUT2D eigenvalue weighted by molar-refractivity contribution is -0.126. The maximum Gasteiger partial charge on any atom is 0.223 e. The van der Waals surface area contributed by atoms with Crippen LogP contribution < -0.4 is 10.1 Å². The van der Waals surface area contributed by atoms with E-state index in [9.17, 15) is 4.79 Å². The highest BCUT2D eigenvalue weighted by Crippen LogP contribution is 2.22. The predicted molar refractivity (Wildman–Crippen MR) is 109 cm³/mol. The molecule has 4 nitrogen and oxygen atoms in total. The number of halogens is 1. The zero-order valence-electron chi connectivity index (χ0n) is 15.8. The van der Waals surface area contributed by atoms with Gasteiger partial charge in [-0.15, -0.1) is 0 Å². The van der Waals surface area contributed by atoms with Gasteiger partial charge in [-0.05, 0) is 62.2 Å². The van der Waals surface area contributed by atoms with E-state index < -0.39 is 0 Å². The first-order valence-corrected chi connectivity index (χ1v) is 9.92. The normalized spacial score (nSPS) is 15.5. The zero-order valence-corrected chi connectivity index (χ0v) is 16.5. The molecule has 1 saturated heterocycles. The van der Waals surface area contributed by atoms with Crippen LogP contribution in [0, 0.1) is 12.8 Å². The summed E-state index contributed by atoms with van der Waals surface area (Å²) in [4.78, 5) is 14.7. The number of nitrogens with zero attached hydrogens (tertiary/aromatic N) is 1. The average Bonchev–Trinajstić information content (AvgIpc) is 2.67. The molecule has 0 aromatic heterocycles. The van der Waals surface area contributed by atoms with Crippen molar-refractivity contribution in [3.8, 4) is 5.75 Å². The smallest absolute Gasteiger partial charge is 0.223 e. The molecule has 5 heteroatoms. The maximum atomic E-state index is 12.4. The monoisotopic (exact) mass is 386 g/mol. The number of ether oxygens (including phenoxy) is 1. The Balaban J connectivity index is 1.35. The van der Waals surface area contributed by atoms with Crippen LogP contribution in [0.25, 0.3) is 0 Å². The highest BCUT2D eigenvalue weighted by Gasteiger charge is 2.24. The van der Waals surface area contributed by atoms with E-state index in [-0.39, 0.29) is 11.8 Å². The molecule has 0 saturated carbocycles. The lowest BCUT2D eigenvalue weighted by atomic mass is 9.95. The van der Waals surface area contributed by atoms with Crippen molar-refractivity contribution in [2.24, 2.45) is 5.92 Å². The summed E-state index contributed by atoms with van der Waals surface area (Å²) in [6.07, 6.45) is 1.77. The number of benzene rings is 2. The average molecular weight is 387 g/mol. The molecule has 1 fully saturated rings. The van der Waals surface area contributed by atoms with Gasteiger partial charge < -0.3 is 10.1 Å². The molecule has 1 aliphatic rings. The fraction of sp³-hybridized carbons (Fsp3) is 0.409. The molecule has 0 unspecified atom stereocenters. The van der Waals surface area contributed by atoms with Gasteiger partial charge >= 0.3 is 0 Å². The molecule has 144 valence electrons.